The standard InChI is InChI=1S/C15H27N3O/c1-7-10-16-13-11(4)12(5)17-14(18-13)15(6,8-2)19-9-3/h7-10H2,1-6H3,(H,16,17,18). The molecular weight excluding hydrogens is 238 g/mol. The second-order valence-corrected chi connectivity index (χ2v) is 5.05. The summed E-state index contributed by atoms with van der Waals surface area (Å²) in [7, 11) is 0. The summed E-state index contributed by atoms with van der Waals surface area (Å²) in [4.78, 5) is 9.31. The monoisotopic (exact) mass is 265 g/mol. The maximum absolute atomic E-state index is 5.87. The van der Waals surface area contributed by atoms with E-state index in [1.807, 2.05) is 13.8 Å². The normalized spacial score (nSPS) is 14.2. The number of anilines is 1. The molecule has 0 aliphatic carbocycles. The van der Waals surface area contributed by atoms with Crippen LogP contribution in [0.2, 0.25) is 0 Å². The van der Waals surface area contributed by atoms with Gasteiger partial charge in [-0.15, -0.1) is 0 Å². The zero-order valence-electron chi connectivity index (χ0n) is 13.1. The number of nitrogens with one attached hydrogen (secondary N) is 1. The topological polar surface area (TPSA) is 47.0 Å². The van der Waals surface area contributed by atoms with Crippen molar-refractivity contribution in [1.82, 2.24) is 9.97 Å². The zero-order chi connectivity index (χ0) is 14.5. The van der Waals surface area contributed by atoms with E-state index in [1.165, 1.54) is 0 Å². The predicted octanol–water partition coefficient (Wildman–Crippen LogP) is 3.58. The van der Waals surface area contributed by atoms with Crippen molar-refractivity contribution in [3.05, 3.63) is 17.1 Å². The SMILES string of the molecule is CCCNc1nc(C(C)(CC)OCC)nc(C)c1C. The van der Waals surface area contributed by atoms with E-state index in [0.717, 1.165) is 42.3 Å². The molecule has 1 aromatic rings. The second-order valence-electron chi connectivity index (χ2n) is 5.05. The van der Waals surface area contributed by atoms with Gasteiger partial charge in [0.2, 0.25) is 0 Å². The molecule has 4 heteroatoms. The van der Waals surface area contributed by atoms with Crippen LogP contribution < -0.4 is 5.32 Å². The van der Waals surface area contributed by atoms with Crippen molar-refractivity contribution in [3.8, 4) is 0 Å². The molecule has 108 valence electrons. The molecule has 1 aromatic heterocycles. The molecule has 1 heterocycles. The maximum atomic E-state index is 5.87. The second kappa shape index (κ2) is 6.85. The third kappa shape index (κ3) is 3.66. The summed E-state index contributed by atoms with van der Waals surface area (Å²) in [6, 6.07) is 0. The highest BCUT2D eigenvalue weighted by molar-refractivity contribution is 5.45. The van der Waals surface area contributed by atoms with Crippen LogP contribution in [-0.2, 0) is 10.3 Å². The third-order valence-corrected chi connectivity index (χ3v) is 3.54. The van der Waals surface area contributed by atoms with Crippen molar-refractivity contribution in [2.45, 2.75) is 60.0 Å². The van der Waals surface area contributed by atoms with E-state index in [-0.39, 0.29) is 0 Å². The van der Waals surface area contributed by atoms with Crippen molar-refractivity contribution in [2.75, 3.05) is 18.5 Å². The minimum atomic E-state index is -0.407. The summed E-state index contributed by atoms with van der Waals surface area (Å²) in [6.45, 7) is 14.0. The number of aromatic nitrogens is 2. The average Bonchev–Trinajstić information content (AvgIpc) is 2.40. The Kier molecular flexibility index (Phi) is 5.73. The largest absolute Gasteiger partial charge is 0.370 e. The van der Waals surface area contributed by atoms with Crippen molar-refractivity contribution in [2.24, 2.45) is 0 Å². The fourth-order valence-electron chi connectivity index (χ4n) is 1.92. The molecular formula is C15H27N3O. The molecule has 0 aliphatic heterocycles. The van der Waals surface area contributed by atoms with Gasteiger partial charge in [-0.2, -0.15) is 0 Å². The van der Waals surface area contributed by atoms with Crippen LogP contribution in [0.1, 0.15) is 57.6 Å². The Balaban J connectivity index is 3.17. The number of nitrogens with zero attached hydrogens (tertiary/aromatic N) is 2. The Labute approximate surface area is 117 Å². The molecule has 0 aromatic carbocycles. The molecule has 0 bridgehead atoms. The van der Waals surface area contributed by atoms with E-state index in [1.54, 1.807) is 0 Å². The lowest BCUT2D eigenvalue weighted by Gasteiger charge is -2.27. The Morgan fingerprint density at radius 1 is 1.16 bits per heavy atom. The van der Waals surface area contributed by atoms with E-state index in [4.69, 9.17) is 4.74 Å². The molecule has 4 nitrogen and oxygen atoms in total. The summed E-state index contributed by atoms with van der Waals surface area (Å²) < 4.78 is 5.87. The molecule has 0 aliphatic rings. The van der Waals surface area contributed by atoms with Crippen molar-refractivity contribution in [3.63, 3.8) is 0 Å². The number of aryl methyl sites for hydroxylation is 1. The summed E-state index contributed by atoms with van der Waals surface area (Å²) in [5.74, 6) is 1.71. The lowest BCUT2D eigenvalue weighted by Crippen LogP contribution is -2.29. The Hall–Kier alpha value is -1.16. The average molecular weight is 265 g/mol. The van der Waals surface area contributed by atoms with Gasteiger partial charge in [0.15, 0.2) is 5.82 Å². The third-order valence-electron chi connectivity index (χ3n) is 3.54. The van der Waals surface area contributed by atoms with Crippen LogP contribution in [0.5, 0.6) is 0 Å². The van der Waals surface area contributed by atoms with E-state index in [2.05, 4.69) is 43.0 Å². The smallest absolute Gasteiger partial charge is 0.162 e. The van der Waals surface area contributed by atoms with Crippen molar-refractivity contribution < 1.29 is 4.74 Å². The lowest BCUT2D eigenvalue weighted by molar-refractivity contribution is -0.0390. The summed E-state index contributed by atoms with van der Waals surface area (Å²) in [6.07, 6.45) is 1.94. The van der Waals surface area contributed by atoms with Crippen LogP contribution in [0, 0.1) is 13.8 Å². The van der Waals surface area contributed by atoms with Gasteiger partial charge in [-0.1, -0.05) is 13.8 Å². The van der Waals surface area contributed by atoms with Crippen molar-refractivity contribution in [1.29, 1.82) is 0 Å². The van der Waals surface area contributed by atoms with Crippen molar-refractivity contribution >= 4 is 5.82 Å². The Morgan fingerprint density at radius 3 is 2.37 bits per heavy atom. The van der Waals surface area contributed by atoms with Crippen LogP contribution in [0.3, 0.4) is 0 Å². The molecule has 0 saturated heterocycles. The fourth-order valence-corrected chi connectivity index (χ4v) is 1.92. The minimum Gasteiger partial charge on any atom is -0.370 e. The van der Waals surface area contributed by atoms with Gasteiger partial charge >= 0.3 is 0 Å². The van der Waals surface area contributed by atoms with E-state index in [9.17, 15) is 0 Å². The molecule has 1 N–H and O–H groups in total. The molecule has 0 saturated carbocycles. The highest BCUT2D eigenvalue weighted by Gasteiger charge is 2.29. The van der Waals surface area contributed by atoms with Gasteiger partial charge in [0.25, 0.3) is 0 Å². The van der Waals surface area contributed by atoms with Crippen LogP contribution in [0.25, 0.3) is 0 Å². The molecule has 0 spiro atoms. The van der Waals surface area contributed by atoms with Gasteiger partial charge < -0.3 is 10.1 Å². The van der Waals surface area contributed by atoms with Crippen LogP contribution in [-0.4, -0.2) is 23.1 Å². The highest BCUT2D eigenvalue weighted by Crippen LogP contribution is 2.28. The number of ether oxygens (including phenoxy) is 1. The first-order chi connectivity index (χ1) is 8.98. The summed E-state index contributed by atoms with van der Waals surface area (Å²) >= 11 is 0. The molecule has 1 unspecified atom stereocenters. The van der Waals surface area contributed by atoms with Crippen LogP contribution in [0.4, 0.5) is 5.82 Å². The van der Waals surface area contributed by atoms with Gasteiger partial charge in [-0.25, -0.2) is 9.97 Å². The van der Waals surface area contributed by atoms with Gasteiger partial charge in [0, 0.05) is 24.4 Å². The molecule has 0 amide bonds. The Bertz CT molecular complexity index is 420. The van der Waals surface area contributed by atoms with Gasteiger partial charge in [0.05, 0.1) is 0 Å². The zero-order valence-corrected chi connectivity index (χ0v) is 13.1. The lowest BCUT2D eigenvalue weighted by atomic mass is 10.0. The first kappa shape index (κ1) is 15.9. The summed E-state index contributed by atoms with van der Waals surface area (Å²) in [5.41, 5.74) is 1.73. The molecule has 1 atom stereocenters. The maximum Gasteiger partial charge on any atom is 0.162 e. The van der Waals surface area contributed by atoms with E-state index in [0.29, 0.717) is 6.61 Å². The fraction of sp³-hybridized carbons (Fsp3) is 0.733. The minimum absolute atomic E-state index is 0.407. The number of hydrogen-bond acceptors (Lipinski definition) is 4. The first-order valence-electron chi connectivity index (χ1n) is 7.22. The molecule has 1 rings (SSSR count). The van der Waals surface area contributed by atoms with Crippen LogP contribution >= 0.6 is 0 Å². The van der Waals surface area contributed by atoms with Gasteiger partial charge in [-0.05, 0) is 40.5 Å². The van der Waals surface area contributed by atoms with E-state index >= 15 is 0 Å². The first-order valence-corrected chi connectivity index (χ1v) is 7.22. The molecule has 0 fully saturated rings. The van der Waals surface area contributed by atoms with Crippen LogP contribution in [0.15, 0.2) is 0 Å². The number of rotatable bonds is 7. The molecule has 0 radical (unpaired) electrons. The predicted molar refractivity (Wildman–Crippen MR) is 79.6 cm³/mol. The quantitative estimate of drug-likeness (QED) is 0.818. The van der Waals surface area contributed by atoms with Gasteiger partial charge in [-0.3, -0.25) is 0 Å². The molecule has 19 heavy (non-hydrogen) atoms. The summed E-state index contributed by atoms with van der Waals surface area (Å²) in [5, 5.41) is 3.38. The van der Waals surface area contributed by atoms with E-state index < -0.39 is 5.60 Å². The number of hydrogen-bond donors (Lipinski definition) is 1. The highest BCUT2D eigenvalue weighted by atomic mass is 16.5. The van der Waals surface area contributed by atoms with Gasteiger partial charge in [0.1, 0.15) is 11.4 Å². The Morgan fingerprint density at radius 2 is 1.84 bits per heavy atom.